The Morgan fingerprint density at radius 1 is 1.33 bits per heavy atom. The van der Waals surface area contributed by atoms with E-state index in [-0.39, 0.29) is 18.1 Å². The van der Waals surface area contributed by atoms with Crippen LogP contribution in [0.5, 0.6) is 0 Å². The fraction of sp³-hybridized carbons (Fsp3) is 0.500. The van der Waals surface area contributed by atoms with E-state index in [1.165, 1.54) is 29.2 Å². The van der Waals surface area contributed by atoms with E-state index < -0.39 is 18.7 Å². The second-order valence-corrected chi connectivity index (χ2v) is 5.16. The van der Waals surface area contributed by atoms with Crippen molar-refractivity contribution in [2.24, 2.45) is 0 Å². The van der Waals surface area contributed by atoms with Gasteiger partial charge < -0.3 is 15.3 Å². The Morgan fingerprint density at radius 2 is 2.00 bits per heavy atom. The SMILES string of the molecule is O=C(Nc1ccc(CC(F)(F)F)cc1)N1CCCC(O)C1. The van der Waals surface area contributed by atoms with Crippen molar-refractivity contribution in [2.75, 3.05) is 18.4 Å². The number of amides is 2. The fourth-order valence-corrected chi connectivity index (χ4v) is 2.28. The normalized spacial score (nSPS) is 19.4. The van der Waals surface area contributed by atoms with Crippen LogP contribution < -0.4 is 5.32 Å². The summed E-state index contributed by atoms with van der Waals surface area (Å²) in [5, 5.41) is 12.1. The molecule has 1 aromatic rings. The lowest BCUT2D eigenvalue weighted by Gasteiger charge is -2.30. The number of nitrogens with zero attached hydrogens (tertiary/aromatic N) is 1. The molecule has 2 amide bonds. The van der Waals surface area contributed by atoms with Crippen LogP contribution >= 0.6 is 0 Å². The summed E-state index contributed by atoms with van der Waals surface area (Å²) in [6.45, 7) is 0.840. The number of hydrogen-bond acceptors (Lipinski definition) is 2. The van der Waals surface area contributed by atoms with Crippen LogP contribution in [0.15, 0.2) is 24.3 Å². The molecule has 1 aliphatic rings. The predicted molar refractivity (Wildman–Crippen MR) is 72.0 cm³/mol. The minimum atomic E-state index is -4.24. The highest BCUT2D eigenvalue weighted by atomic mass is 19.4. The third-order valence-electron chi connectivity index (χ3n) is 3.29. The molecule has 1 atom stereocenters. The molecule has 1 aromatic carbocycles. The zero-order chi connectivity index (χ0) is 15.5. The molecule has 0 radical (unpaired) electrons. The van der Waals surface area contributed by atoms with Crippen LogP contribution in [0.3, 0.4) is 0 Å². The third kappa shape index (κ3) is 4.93. The lowest BCUT2D eigenvalue weighted by atomic mass is 10.1. The van der Waals surface area contributed by atoms with Gasteiger partial charge in [0.25, 0.3) is 0 Å². The van der Waals surface area contributed by atoms with Gasteiger partial charge in [0.15, 0.2) is 0 Å². The van der Waals surface area contributed by atoms with Gasteiger partial charge in [-0.1, -0.05) is 12.1 Å². The number of aliphatic hydroxyl groups excluding tert-OH is 1. The predicted octanol–water partition coefficient (Wildman–Crippen LogP) is 2.78. The Labute approximate surface area is 120 Å². The van der Waals surface area contributed by atoms with Gasteiger partial charge >= 0.3 is 12.2 Å². The molecule has 0 aliphatic carbocycles. The number of anilines is 1. The van der Waals surface area contributed by atoms with Crippen LogP contribution in [0.25, 0.3) is 0 Å². The molecule has 1 fully saturated rings. The van der Waals surface area contributed by atoms with Crippen LogP contribution in [0.4, 0.5) is 23.7 Å². The number of nitrogens with one attached hydrogen (secondary N) is 1. The van der Waals surface area contributed by atoms with Gasteiger partial charge in [-0.25, -0.2) is 4.79 Å². The second kappa shape index (κ2) is 6.34. The molecule has 21 heavy (non-hydrogen) atoms. The molecule has 0 saturated carbocycles. The number of urea groups is 1. The molecule has 2 rings (SSSR count). The molecule has 1 unspecified atom stereocenters. The molecule has 1 heterocycles. The van der Waals surface area contributed by atoms with Crippen molar-refractivity contribution in [3.63, 3.8) is 0 Å². The van der Waals surface area contributed by atoms with E-state index in [1.54, 1.807) is 0 Å². The molecule has 4 nitrogen and oxygen atoms in total. The summed E-state index contributed by atoms with van der Waals surface area (Å²) >= 11 is 0. The largest absolute Gasteiger partial charge is 0.393 e. The Kier molecular flexibility index (Phi) is 4.72. The van der Waals surface area contributed by atoms with Crippen molar-refractivity contribution < 1.29 is 23.1 Å². The Morgan fingerprint density at radius 3 is 2.57 bits per heavy atom. The van der Waals surface area contributed by atoms with Gasteiger partial charge in [0.2, 0.25) is 0 Å². The zero-order valence-corrected chi connectivity index (χ0v) is 11.4. The van der Waals surface area contributed by atoms with Crippen molar-refractivity contribution in [3.8, 4) is 0 Å². The minimum Gasteiger partial charge on any atom is -0.391 e. The molecular formula is C14H17F3N2O2. The maximum Gasteiger partial charge on any atom is 0.393 e. The summed E-state index contributed by atoms with van der Waals surface area (Å²) in [6, 6.07) is 5.22. The fourth-order valence-electron chi connectivity index (χ4n) is 2.28. The number of β-amino-alcohol motifs (C(OH)–C–C–N with tert-alkyl or cyclic N) is 1. The molecule has 2 N–H and O–H groups in total. The zero-order valence-electron chi connectivity index (χ0n) is 11.4. The number of aliphatic hydroxyl groups is 1. The molecule has 116 valence electrons. The van der Waals surface area contributed by atoms with Gasteiger partial charge in [-0.2, -0.15) is 13.2 Å². The first-order valence-corrected chi connectivity index (χ1v) is 6.73. The Bertz CT molecular complexity index is 488. The molecular weight excluding hydrogens is 285 g/mol. The van der Waals surface area contributed by atoms with Crippen molar-refractivity contribution in [1.29, 1.82) is 0 Å². The molecule has 1 saturated heterocycles. The number of likely N-dealkylation sites (tertiary alicyclic amines) is 1. The first-order chi connectivity index (χ1) is 9.83. The second-order valence-electron chi connectivity index (χ2n) is 5.16. The van der Waals surface area contributed by atoms with E-state index in [0.29, 0.717) is 18.7 Å². The van der Waals surface area contributed by atoms with E-state index in [2.05, 4.69) is 5.32 Å². The Balaban J connectivity index is 1.92. The van der Waals surface area contributed by atoms with Crippen molar-refractivity contribution in [2.45, 2.75) is 31.5 Å². The number of benzene rings is 1. The summed E-state index contributed by atoms with van der Waals surface area (Å²) < 4.78 is 36.7. The maximum absolute atomic E-state index is 12.2. The van der Waals surface area contributed by atoms with Gasteiger partial charge in [-0.15, -0.1) is 0 Å². The quantitative estimate of drug-likeness (QED) is 0.882. The Hall–Kier alpha value is -1.76. The van der Waals surface area contributed by atoms with E-state index in [1.807, 2.05) is 0 Å². The maximum atomic E-state index is 12.2. The summed E-state index contributed by atoms with van der Waals surface area (Å²) in [7, 11) is 0. The number of rotatable bonds is 2. The van der Waals surface area contributed by atoms with Crippen LogP contribution in [-0.4, -0.2) is 41.4 Å². The van der Waals surface area contributed by atoms with Crippen LogP contribution in [0.1, 0.15) is 18.4 Å². The molecule has 0 aromatic heterocycles. The first kappa shape index (κ1) is 15.6. The average Bonchev–Trinajstić information content (AvgIpc) is 2.39. The number of carbonyl (C=O) groups excluding carboxylic acids is 1. The van der Waals surface area contributed by atoms with Crippen molar-refractivity contribution >= 4 is 11.7 Å². The van der Waals surface area contributed by atoms with Crippen LogP contribution in [0.2, 0.25) is 0 Å². The molecule has 0 bridgehead atoms. The van der Waals surface area contributed by atoms with Gasteiger partial charge in [0.1, 0.15) is 0 Å². The van der Waals surface area contributed by atoms with E-state index >= 15 is 0 Å². The third-order valence-corrected chi connectivity index (χ3v) is 3.29. The summed E-state index contributed by atoms with van der Waals surface area (Å²) in [5.74, 6) is 0. The molecule has 0 spiro atoms. The van der Waals surface area contributed by atoms with Crippen molar-refractivity contribution in [3.05, 3.63) is 29.8 Å². The van der Waals surface area contributed by atoms with Crippen LogP contribution in [-0.2, 0) is 6.42 Å². The topological polar surface area (TPSA) is 52.6 Å². The highest BCUT2D eigenvalue weighted by molar-refractivity contribution is 5.89. The molecule has 7 heteroatoms. The standard InChI is InChI=1S/C14H17F3N2O2/c15-14(16,17)8-10-3-5-11(6-4-10)18-13(21)19-7-1-2-12(20)9-19/h3-6,12,20H,1-2,7-9H2,(H,18,21). The number of piperidine rings is 1. The number of alkyl halides is 3. The lowest BCUT2D eigenvalue weighted by Crippen LogP contribution is -2.44. The molecule has 1 aliphatic heterocycles. The summed E-state index contributed by atoms with van der Waals surface area (Å²) in [5.41, 5.74) is 0.583. The summed E-state index contributed by atoms with van der Waals surface area (Å²) in [6.07, 6.45) is -4.33. The van der Waals surface area contributed by atoms with Gasteiger partial charge in [0.05, 0.1) is 12.5 Å². The average molecular weight is 302 g/mol. The number of hydrogen-bond donors (Lipinski definition) is 2. The van der Waals surface area contributed by atoms with Crippen molar-refractivity contribution in [1.82, 2.24) is 4.90 Å². The number of carbonyl (C=O) groups is 1. The smallest absolute Gasteiger partial charge is 0.391 e. The highest BCUT2D eigenvalue weighted by Gasteiger charge is 2.27. The van der Waals surface area contributed by atoms with Crippen LogP contribution in [0, 0.1) is 0 Å². The van der Waals surface area contributed by atoms with E-state index in [0.717, 1.165) is 6.42 Å². The number of halogens is 3. The summed E-state index contributed by atoms with van der Waals surface area (Å²) in [4.78, 5) is 13.4. The monoisotopic (exact) mass is 302 g/mol. The first-order valence-electron chi connectivity index (χ1n) is 6.73. The van der Waals surface area contributed by atoms with Gasteiger partial charge in [0, 0.05) is 18.8 Å². The van der Waals surface area contributed by atoms with Gasteiger partial charge in [-0.05, 0) is 30.5 Å². The van der Waals surface area contributed by atoms with E-state index in [9.17, 15) is 23.1 Å². The van der Waals surface area contributed by atoms with Gasteiger partial charge in [-0.3, -0.25) is 0 Å². The highest BCUT2D eigenvalue weighted by Crippen LogP contribution is 2.22. The van der Waals surface area contributed by atoms with E-state index in [4.69, 9.17) is 0 Å². The minimum absolute atomic E-state index is 0.147. The lowest BCUT2D eigenvalue weighted by molar-refractivity contribution is -0.127.